The Labute approximate surface area is 185 Å². The summed E-state index contributed by atoms with van der Waals surface area (Å²) in [5.41, 5.74) is 1.80. The number of nitrogens with zero attached hydrogens (tertiary/aromatic N) is 2. The molecule has 7 heteroatoms. The zero-order chi connectivity index (χ0) is 22.8. The predicted octanol–water partition coefficient (Wildman–Crippen LogP) is 3.68. The van der Waals surface area contributed by atoms with Gasteiger partial charge in [-0.05, 0) is 57.7 Å². The van der Waals surface area contributed by atoms with Crippen LogP contribution in [0.25, 0.3) is 0 Å². The Kier molecular flexibility index (Phi) is 6.62. The quantitative estimate of drug-likeness (QED) is 0.698. The molecule has 7 nitrogen and oxygen atoms in total. The molecule has 0 aromatic heterocycles. The molecule has 2 aliphatic heterocycles. The smallest absolute Gasteiger partial charge is 0.410 e. The van der Waals surface area contributed by atoms with Crippen molar-refractivity contribution in [2.24, 2.45) is 5.41 Å². The number of anilines is 1. The molecule has 0 aliphatic carbocycles. The van der Waals surface area contributed by atoms with E-state index < -0.39 is 5.60 Å². The lowest BCUT2D eigenvalue weighted by molar-refractivity contribution is -0.134. The predicted molar refractivity (Wildman–Crippen MR) is 120 cm³/mol. The average molecular weight is 430 g/mol. The van der Waals surface area contributed by atoms with Crippen molar-refractivity contribution in [2.45, 2.75) is 64.9 Å². The number of carbonyl (C=O) groups is 3. The second kappa shape index (κ2) is 8.89. The van der Waals surface area contributed by atoms with Crippen molar-refractivity contribution in [1.82, 2.24) is 10.2 Å². The van der Waals surface area contributed by atoms with Gasteiger partial charge < -0.3 is 14.5 Å². The third kappa shape index (κ3) is 5.57. The van der Waals surface area contributed by atoms with E-state index in [1.54, 1.807) is 11.9 Å². The van der Waals surface area contributed by atoms with Crippen molar-refractivity contribution in [2.75, 3.05) is 31.6 Å². The zero-order valence-electron chi connectivity index (χ0n) is 19.4. The van der Waals surface area contributed by atoms with Gasteiger partial charge in [0, 0.05) is 44.2 Å². The summed E-state index contributed by atoms with van der Waals surface area (Å²) >= 11 is 0. The van der Waals surface area contributed by atoms with E-state index in [9.17, 15) is 14.4 Å². The lowest BCUT2D eigenvalue weighted by Gasteiger charge is -2.52. The summed E-state index contributed by atoms with van der Waals surface area (Å²) < 4.78 is 5.44. The van der Waals surface area contributed by atoms with E-state index in [4.69, 9.17) is 4.74 Å². The van der Waals surface area contributed by atoms with E-state index >= 15 is 0 Å². The van der Waals surface area contributed by atoms with Gasteiger partial charge in [-0.15, -0.1) is 0 Å². The topological polar surface area (TPSA) is 79.0 Å². The van der Waals surface area contributed by atoms with Crippen LogP contribution in [0.4, 0.5) is 10.5 Å². The number of piperidine rings is 1. The highest BCUT2D eigenvalue weighted by Gasteiger charge is 2.41. The summed E-state index contributed by atoms with van der Waals surface area (Å²) in [4.78, 5) is 39.7. The number of hydrogen-bond donors (Lipinski definition) is 1. The number of rotatable bonds is 6. The normalized spacial score (nSPS) is 20.7. The standard InChI is InChI=1S/C24H35N3O4/c1-6-24(13-14-26(5)22(30)31-23(2,3)4)15-27(16-24)18-9-7-17(8-10-18)19-11-12-20(28)25-21(19)29/h7-10,19H,6,11-16H2,1-5H3,(H,25,28,29). The van der Waals surface area contributed by atoms with Crippen LogP contribution in [0, 0.1) is 5.41 Å². The van der Waals surface area contributed by atoms with Gasteiger partial charge in [-0.25, -0.2) is 4.79 Å². The van der Waals surface area contributed by atoms with Crippen LogP contribution in [0.5, 0.6) is 0 Å². The molecule has 0 saturated carbocycles. The molecular weight excluding hydrogens is 394 g/mol. The van der Waals surface area contributed by atoms with Gasteiger partial charge in [0.05, 0.1) is 5.92 Å². The maximum Gasteiger partial charge on any atom is 0.410 e. The molecule has 31 heavy (non-hydrogen) atoms. The Morgan fingerprint density at radius 3 is 2.42 bits per heavy atom. The number of benzene rings is 1. The van der Waals surface area contributed by atoms with Crippen LogP contribution in [-0.4, -0.2) is 55.1 Å². The molecule has 0 spiro atoms. The fourth-order valence-electron chi connectivity index (χ4n) is 4.27. The summed E-state index contributed by atoms with van der Waals surface area (Å²) in [5.74, 6) is -0.639. The van der Waals surface area contributed by atoms with E-state index in [-0.39, 0.29) is 29.2 Å². The summed E-state index contributed by atoms with van der Waals surface area (Å²) in [5, 5.41) is 2.42. The van der Waals surface area contributed by atoms with Crippen molar-refractivity contribution in [3.63, 3.8) is 0 Å². The number of imide groups is 1. The first kappa shape index (κ1) is 23.1. The van der Waals surface area contributed by atoms with Gasteiger partial charge >= 0.3 is 6.09 Å². The zero-order valence-corrected chi connectivity index (χ0v) is 19.4. The van der Waals surface area contributed by atoms with E-state index in [0.717, 1.165) is 37.2 Å². The van der Waals surface area contributed by atoms with Gasteiger partial charge in [0.25, 0.3) is 0 Å². The minimum absolute atomic E-state index is 0.188. The van der Waals surface area contributed by atoms with E-state index in [2.05, 4.69) is 29.3 Å². The van der Waals surface area contributed by atoms with Crippen LogP contribution in [0.15, 0.2) is 24.3 Å². The summed E-state index contributed by atoms with van der Waals surface area (Å²) in [6, 6.07) is 8.12. The van der Waals surface area contributed by atoms with Gasteiger partial charge in [0.1, 0.15) is 5.60 Å². The number of carbonyl (C=O) groups excluding carboxylic acids is 3. The van der Waals surface area contributed by atoms with Crippen LogP contribution >= 0.6 is 0 Å². The third-order valence-corrected chi connectivity index (χ3v) is 6.39. The third-order valence-electron chi connectivity index (χ3n) is 6.39. The largest absolute Gasteiger partial charge is 0.444 e. The van der Waals surface area contributed by atoms with Gasteiger partial charge in [-0.3, -0.25) is 14.9 Å². The molecule has 3 rings (SSSR count). The first-order valence-electron chi connectivity index (χ1n) is 11.1. The van der Waals surface area contributed by atoms with Crippen LogP contribution < -0.4 is 10.2 Å². The molecule has 0 radical (unpaired) electrons. The molecule has 2 fully saturated rings. The first-order valence-corrected chi connectivity index (χ1v) is 11.1. The van der Waals surface area contributed by atoms with E-state index in [1.165, 1.54) is 0 Å². The molecule has 2 aliphatic rings. The Morgan fingerprint density at radius 2 is 1.87 bits per heavy atom. The molecule has 1 atom stereocenters. The number of hydrogen-bond acceptors (Lipinski definition) is 5. The number of nitrogens with one attached hydrogen (secondary N) is 1. The molecule has 1 aromatic rings. The van der Waals surface area contributed by atoms with Crippen LogP contribution in [-0.2, 0) is 14.3 Å². The van der Waals surface area contributed by atoms with E-state index in [1.807, 2.05) is 32.9 Å². The maximum atomic E-state index is 12.2. The number of amides is 3. The second-order valence-electron chi connectivity index (χ2n) is 9.96. The minimum atomic E-state index is -0.485. The lowest BCUT2D eigenvalue weighted by atomic mass is 9.74. The molecule has 2 saturated heterocycles. The Hall–Kier alpha value is -2.57. The Balaban J connectivity index is 1.53. The summed E-state index contributed by atoms with van der Waals surface area (Å²) in [7, 11) is 1.79. The highest BCUT2D eigenvalue weighted by Crippen LogP contribution is 2.40. The molecule has 2 heterocycles. The molecule has 1 unspecified atom stereocenters. The van der Waals surface area contributed by atoms with Gasteiger partial charge in [0.15, 0.2) is 0 Å². The van der Waals surface area contributed by atoms with Crippen molar-refractivity contribution >= 4 is 23.6 Å². The fourth-order valence-corrected chi connectivity index (χ4v) is 4.27. The van der Waals surface area contributed by atoms with Gasteiger partial charge in [-0.1, -0.05) is 19.1 Å². The van der Waals surface area contributed by atoms with Crippen molar-refractivity contribution in [3.8, 4) is 0 Å². The highest BCUT2D eigenvalue weighted by molar-refractivity contribution is 6.00. The summed E-state index contributed by atoms with van der Waals surface area (Å²) in [6.07, 6.45) is 2.67. The molecule has 3 amide bonds. The van der Waals surface area contributed by atoms with Crippen LogP contribution in [0.1, 0.15) is 64.9 Å². The lowest BCUT2D eigenvalue weighted by Crippen LogP contribution is -2.57. The number of ether oxygens (including phenoxy) is 1. The average Bonchev–Trinajstić information content (AvgIpc) is 2.66. The van der Waals surface area contributed by atoms with Crippen molar-refractivity contribution in [1.29, 1.82) is 0 Å². The Bertz CT molecular complexity index is 822. The molecule has 1 aromatic carbocycles. The van der Waals surface area contributed by atoms with Gasteiger partial charge in [0.2, 0.25) is 11.8 Å². The highest BCUT2D eigenvalue weighted by atomic mass is 16.6. The first-order chi connectivity index (χ1) is 14.5. The van der Waals surface area contributed by atoms with Gasteiger partial charge in [-0.2, -0.15) is 0 Å². The fraction of sp³-hybridized carbons (Fsp3) is 0.625. The van der Waals surface area contributed by atoms with Crippen molar-refractivity contribution < 1.29 is 19.1 Å². The summed E-state index contributed by atoms with van der Waals surface area (Å²) in [6.45, 7) is 10.4. The molecular formula is C24H35N3O4. The minimum Gasteiger partial charge on any atom is -0.444 e. The second-order valence-corrected chi connectivity index (χ2v) is 9.96. The van der Waals surface area contributed by atoms with Crippen LogP contribution in [0.2, 0.25) is 0 Å². The molecule has 1 N–H and O–H groups in total. The van der Waals surface area contributed by atoms with Crippen molar-refractivity contribution in [3.05, 3.63) is 29.8 Å². The SMILES string of the molecule is CCC1(CCN(C)C(=O)OC(C)(C)C)CN(c2ccc(C3CCC(=O)NC3=O)cc2)C1. The Morgan fingerprint density at radius 1 is 1.23 bits per heavy atom. The molecule has 170 valence electrons. The monoisotopic (exact) mass is 429 g/mol. The van der Waals surface area contributed by atoms with E-state index in [0.29, 0.717) is 19.4 Å². The van der Waals surface area contributed by atoms with Crippen LogP contribution in [0.3, 0.4) is 0 Å². The maximum absolute atomic E-state index is 12.2. The molecule has 0 bridgehead atoms.